The third-order valence-electron chi connectivity index (χ3n) is 5.22. The number of benzene rings is 1. The van der Waals surface area contributed by atoms with Crippen LogP contribution in [0.4, 0.5) is 0 Å². The molecule has 0 N–H and O–H groups in total. The molecule has 1 aromatic heterocycles. The molecule has 0 spiro atoms. The van der Waals surface area contributed by atoms with E-state index in [0.29, 0.717) is 0 Å². The Morgan fingerprint density at radius 3 is 2.52 bits per heavy atom. The molecule has 4 heteroatoms. The summed E-state index contributed by atoms with van der Waals surface area (Å²) in [7, 11) is -1.67. The summed E-state index contributed by atoms with van der Waals surface area (Å²) in [5, 5.41) is 1.19. The first-order chi connectivity index (χ1) is 12.1. The molecular weight excluding hydrogens is 437 g/mol. The molecule has 1 aromatic carbocycles. The van der Waals surface area contributed by atoms with Gasteiger partial charge >= 0.3 is 0 Å². The minimum absolute atomic E-state index is 0.134. The van der Waals surface area contributed by atoms with Crippen LogP contribution in [0.3, 0.4) is 0 Å². The summed E-state index contributed by atoms with van der Waals surface area (Å²) in [5.74, 6) is 0. The van der Waals surface area contributed by atoms with Crippen molar-refractivity contribution in [3.8, 4) is 0 Å². The molecule has 0 unspecified atom stereocenters. The molecule has 0 radical (unpaired) electrons. The number of fused-ring (bicyclic) bond motifs is 1. The fourth-order valence-electron chi connectivity index (χ4n) is 3.22. The van der Waals surface area contributed by atoms with Crippen LogP contribution in [0, 0.1) is 0 Å². The lowest BCUT2D eigenvalue weighted by molar-refractivity contribution is 0.193. The molecule has 0 saturated heterocycles. The van der Waals surface area contributed by atoms with Crippen molar-refractivity contribution < 1.29 is 4.43 Å². The maximum absolute atomic E-state index is 6.88. The van der Waals surface area contributed by atoms with E-state index in [0.717, 1.165) is 18.4 Å². The standard InChI is InChI=1S/C21H30INOSi/c1-5-19(22)13-14-21(24-25(6-2,7-3)8-4)18-12-11-17-10-9-15-23-20(17)16-18/h9-13,15-16,21H,5-8,14H2,1-4H3/b19-13-/t21-/m0/s1. The molecule has 0 aliphatic heterocycles. The number of aromatic nitrogens is 1. The summed E-state index contributed by atoms with van der Waals surface area (Å²) in [6, 6.07) is 14.3. The number of nitrogens with zero attached hydrogens (tertiary/aromatic N) is 1. The van der Waals surface area contributed by atoms with Gasteiger partial charge < -0.3 is 4.43 Å². The topological polar surface area (TPSA) is 22.1 Å². The van der Waals surface area contributed by atoms with Gasteiger partial charge in [0.2, 0.25) is 0 Å². The van der Waals surface area contributed by atoms with Crippen LogP contribution in [0.15, 0.2) is 46.2 Å². The SMILES string of the molecule is CC/C(I)=C/C[C@H](O[Si](CC)(CC)CC)c1ccc2cccnc2c1. The zero-order valence-electron chi connectivity index (χ0n) is 15.9. The van der Waals surface area contributed by atoms with Gasteiger partial charge in [0.05, 0.1) is 11.6 Å². The van der Waals surface area contributed by atoms with Gasteiger partial charge in [0.1, 0.15) is 0 Å². The van der Waals surface area contributed by atoms with Crippen molar-refractivity contribution in [2.75, 3.05) is 0 Å². The molecule has 1 atom stereocenters. The van der Waals surface area contributed by atoms with Crippen LogP contribution in [0.25, 0.3) is 10.9 Å². The Morgan fingerprint density at radius 2 is 1.88 bits per heavy atom. The third-order valence-corrected chi connectivity index (χ3v) is 11.1. The van der Waals surface area contributed by atoms with Crippen LogP contribution in [0.2, 0.25) is 18.1 Å². The van der Waals surface area contributed by atoms with E-state index in [4.69, 9.17) is 4.43 Å². The van der Waals surface area contributed by atoms with Crippen LogP contribution in [-0.2, 0) is 4.43 Å². The molecule has 0 aliphatic rings. The average Bonchev–Trinajstić information content (AvgIpc) is 2.68. The largest absolute Gasteiger partial charge is 0.410 e. The maximum atomic E-state index is 6.88. The lowest BCUT2D eigenvalue weighted by Gasteiger charge is -2.33. The Labute approximate surface area is 167 Å². The maximum Gasteiger partial charge on any atom is 0.192 e. The van der Waals surface area contributed by atoms with E-state index in [1.807, 2.05) is 12.3 Å². The van der Waals surface area contributed by atoms with Gasteiger partial charge in [-0.2, -0.15) is 0 Å². The van der Waals surface area contributed by atoms with Crippen molar-refractivity contribution in [3.63, 3.8) is 0 Å². The van der Waals surface area contributed by atoms with Crippen molar-refractivity contribution in [1.82, 2.24) is 4.98 Å². The van der Waals surface area contributed by atoms with Gasteiger partial charge in [-0.1, -0.05) is 52.0 Å². The van der Waals surface area contributed by atoms with E-state index in [2.05, 4.69) is 85.6 Å². The second kappa shape index (κ2) is 9.83. The zero-order valence-corrected chi connectivity index (χ0v) is 19.0. The van der Waals surface area contributed by atoms with Gasteiger partial charge in [-0.15, -0.1) is 0 Å². The molecule has 0 fully saturated rings. The van der Waals surface area contributed by atoms with E-state index in [1.54, 1.807) is 0 Å². The van der Waals surface area contributed by atoms with Gasteiger partial charge in [-0.05, 0) is 74.8 Å². The van der Waals surface area contributed by atoms with E-state index in [9.17, 15) is 0 Å². The van der Waals surface area contributed by atoms with Crippen molar-refractivity contribution in [2.45, 2.75) is 64.8 Å². The highest BCUT2D eigenvalue weighted by atomic mass is 127. The highest BCUT2D eigenvalue weighted by Crippen LogP contribution is 2.33. The average molecular weight is 467 g/mol. The number of pyridine rings is 1. The van der Waals surface area contributed by atoms with Crippen molar-refractivity contribution in [3.05, 3.63) is 51.7 Å². The van der Waals surface area contributed by atoms with Gasteiger partial charge in [-0.25, -0.2) is 0 Å². The van der Waals surface area contributed by atoms with Crippen LogP contribution in [0.1, 0.15) is 52.2 Å². The fraction of sp³-hybridized carbons (Fsp3) is 0.476. The molecule has 2 aromatic rings. The van der Waals surface area contributed by atoms with E-state index in [1.165, 1.54) is 32.7 Å². The lowest BCUT2D eigenvalue weighted by Crippen LogP contribution is -2.37. The smallest absolute Gasteiger partial charge is 0.192 e. The number of halogens is 1. The number of rotatable bonds is 9. The summed E-state index contributed by atoms with van der Waals surface area (Å²) in [5.41, 5.74) is 2.31. The van der Waals surface area contributed by atoms with Crippen molar-refractivity contribution in [1.29, 1.82) is 0 Å². The van der Waals surface area contributed by atoms with Gasteiger partial charge in [-0.3, -0.25) is 4.98 Å². The van der Waals surface area contributed by atoms with E-state index < -0.39 is 8.32 Å². The first-order valence-electron chi connectivity index (χ1n) is 9.44. The highest BCUT2D eigenvalue weighted by molar-refractivity contribution is 14.1. The van der Waals surface area contributed by atoms with Gasteiger partial charge in [0, 0.05) is 11.6 Å². The summed E-state index contributed by atoms with van der Waals surface area (Å²) in [6.07, 6.45) is 6.37. The second-order valence-corrected chi connectivity index (χ2v) is 12.7. The van der Waals surface area contributed by atoms with Crippen LogP contribution < -0.4 is 0 Å². The Hall–Kier alpha value is -0.723. The molecular formula is C21H30INOSi. The minimum atomic E-state index is -1.67. The normalized spacial score (nSPS) is 14.0. The molecule has 0 saturated carbocycles. The molecule has 2 rings (SSSR count). The number of hydrogen-bond acceptors (Lipinski definition) is 2. The van der Waals surface area contributed by atoms with Crippen molar-refractivity contribution in [2.24, 2.45) is 0 Å². The Morgan fingerprint density at radius 1 is 1.16 bits per heavy atom. The number of hydrogen-bond donors (Lipinski definition) is 0. The predicted octanol–water partition coefficient (Wildman–Crippen LogP) is 7.42. The summed E-state index contributed by atoms with van der Waals surface area (Å²) in [4.78, 5) is 4.53. The summed E-state index contributed by atoms with van der Waals surface area (Å²) >= 11 is 2.44. The minimum Gasteiger partial charge on any atom is -0.410 e. The van der Waals surface area contributed by atoms with Crippen LogP contribution in [0.5, 0.6) is 0 Å². The Balaban J connectivity index is 2.37. The first-order valence-corrected chi connectivity index (χ1v) is 13.0. The quantitative estimate of drug-likeness (QED) is 0.283. The third kappa shape index (κ3) is 5.38. The molecule has 0 amide bonds. The number of allylic oxidation sites excluding steroid dienone is 1. The van der Waals surface area contributed by atoms with Crippen LogP contribution in [-0.4, -0.2) is 13.3 Å². The zero-order chi connectivity index (χ0) is 18.3. The fourth-order valence-corrected chi connectivity index (χ4v) is 6.31. The molecule has 0 aliphatic carbocycles. The lowest BCUT2D eigenvalue weighted by atomic mass is 10.0. The predicted molar refractivity (Wildman–Crippen MR) is 120 cm³/mol. The molecule has 25 heavy (non-hydrogen) atoms. The Bertz CT molecular complexity index is 704. The summed E-state index contributed by atoms with van der Waals surface area (Å²) < 4.78 is 8.28. The Kier molecular flexibility index (Phi) is 8.10. The summed E-state index contributed by atoms with van der Waals surface area (Å²) in [6.45, 7) is 9.09. The second-order valence-electron chi connectivity index (χ2n) is 6.55. The van der Waals surface area contributed by atoms with Crippen molar-refractivity contribution >= 4 is 41.8 Å². The highest BCUT2D eigenvalue weighted by Gasteiger charge is 2.32. The van der Waals surface area contributed by atoms with Gasteiger partial charge in [0.15, 0.2) is 8.32 Å². The van der Waals surface area contributed by atoms with E-state index >= 15 is 0 Å². The first kappa shape index (κ1) is 20.6. The monoisotopic (exact) mass is 467 g/mol. The van der Waals surface area contributed by atoms with E-state index in [-0.39, 0.29) is 6.10 Å². The van der Waals surface area contributed by atoms with Crippen LogP contribution >= 0.6 is 22.6 Å². The molecule has 136 valence electrons. The molecule has 2 nitrogen and oxygen atoms in total. The molecule has 1 heterocycles. The van der Waals surface area contributed by atoms with Gasteiger partial charge in [0.25, 0.3) is 0 Å². The molecule has 0 bridgehead atoms.